The zero-order valence-electron chi connectivity index (χ0n) is 18.6. The van der Waals surface area contributed by atoms with Gasteiger partial charge in [0.1, 0.15) is 12.6 Å². The zero-order chi connectivity index (χ0) is 21.9. The summed E-state index contributed by atoms with van der Waals surface area (Å²) < 4.78 is 0. The molecule has 0 bridgehead atoms. The first-order chi connectivity index (χ1) is 14.7. The predicted octanol–water partition coefficient (Wildman–Crippen LogP) is 7.70. The van der Waals surface area contributed by atoms with Gasteiger partial charge in [-0.25, -0.2) is 0 Å². The van der Waals surface area contributed by atoms with Crippen LogP contribution in [0.25, 0.3) is 12.2 Å². The van der Waals surface area contributed by atoms with E-state index in [1.807, 2.05) is 72.8 Å². The average molecular weight is 405 g/mol. The first-order valence-electron chi connectivity index (χ1n) is 11.1. The summed E-state index contributed by atoms with van der Waals surface area (Å²) in [5.41, 5.74) is 4.01. The molecule has 0 saturated carbocycles. The molecule has 2 aromatic rings. The van der Waals surface area contributed by atoms with E-state index in [4.69, 9.17) is 0 Å². The van der Waals surface area contributed by atoms with Gasteiger partial charge in [0.2, 0.25) is 0 Å². The van der Waals surface area contributed by atoms with Crippen molar-refractivity contribution in [1.82, 2.24) is 0 Å². The Morgan fingerprint density at radius 3 is 1.27 bits per heavy atom. The Balaban J connectivity index is 0.000000300. The van der Waals surface area contributed by atoms with Gasteiger partial charge >= 0.3 is 0 Å². The largest absolute Gasteiger partial charge is 0.298 e. The van der Waals surface area contributed by atoms with Crippen LogP contribution in [0.5, 0.6) is 0 Å². The molecule has 0 aromatic heterocycles. The molecule has 0 aliphatic rings. The monoisotopic (exact) mass is 404 g/mol. The summed E-state index contributed by atoms with van der Waals surface area (Å²) in [4.78, 5) is 21.7. The van der Waals surface area contributed by atoms with Gasteiger partial charge in [0, 0.05) is 0 Å². The second-order valence-electron chi connectivity index (χ2n) is 7.41. The second kappa shape index (κ2) is 17.1. The van der Waals surface area contributed by atoms with Crippen molar-refractivity contribution in [2.24, 2.45) is 0 Å². The van der Waals surface area contributed by atoms with Crippen LogP contribution < -0.4 is 0 Å². The molecule has 2 rings (SSSR count). The molecule has 0 heterocycles. The summed E-state index contributed by atoms with van der Waals surface area (Å²) in [7, 11) is 0. The molecule has 0 radical (unpaired) electrons. The molecular formula is C28H36O2. The van der Waals surface area contributed by atoms with Gasteiger partial charge in [0.25, 0.3) is 0 Å². The third kappa shape index (κ3) is 12.0. The van der Waals surface area contributed by atoms with Gasteiger partial charge < -0.3 is 0 Å². The average Bonchev–Trinajstić information content (AvgIpc) is 2.80. The summed E-state index contributed by atoms with van der Waals surface area (Å²) in [6, 6.07) is 20.0. The fourth-order valence-electron chi connectivity index (χ4n) is 3.02. The minimum Gasteiger partial charge on any atom is -0.298 e. The number of hydrogen-bond donors (Lipinski definition) is 0. The van der Waals surface area contributed by atoms with Crippen molar-refractivity contribution in [1.29, 1.82) is 0 Å². The fourth-order valence-corrected chi connectivity index (χ4v) is 3.02. The molecule has 0 saturated heterocycles. The standard InChI is InChI=1S/2C14H18O/c2*1-2-3-5-10-14(12-15)11-13-8-6-4-7-9-13/h2*4,6-9,11-12H,2-3,5,10H2,1H3. The summed E-state index contributed by atoms with van der Waals surface area (Å²) in [6.45, 7) is 4.34. The quantitative estimate of drug-likeness (QED) is 0.206. The molecule has 0 spiro atoms. The van der Waals surface area contributed by atoms with Crippen LogP contribution >= 0.6 is 0 Å². The SMILES string of the molecule is CCCCCC(C=O)=Cc1ccccc1.CCCCCC(C=O)=Cc1ccccc1. The number of benzene rings is 2. The van der Waals surface area contributed by atoms with Crippen molar-refractivity contribution in [2.45, 2.75) is 65.2 Å². The Labute approximate surface area is 182 Å². The molecule has 160 valence electrons. The summed E-state index contributed by atoms with van der Waals surface area (Å²) in [5.74, 6) is 0. The molecule has 0 N–H and O–H groups in total. The highest BCUT2D eigenvalue weighted by Gasteiger charge is 1.97. The van der Waals surface area contributed by atoms with Crippen LogP contribution in [-0.2, 0) is 9.59 Å². The van der Waals surface area contributed by atoms with Gasteiger partial charge in [-0.1, -0.05) is 100 Å². The van der Waals surface area contributed by atoms with E-state index in [0.29, 0.717) is 0 Å². The molecule has 0 aliphatic heterocycles. The Hall–Kier alpha value is -2.74. The molecular weight excluding hydrogens is 368 g/mol. The zero-order valence-corrected chi connectivity index (χ0v) is 18.6. The van der Waals surface area contributed by atoms with E-state index in [1.54, 1.807) is 0 Å². The number of allylic oxidation sites excluding steroid dienone is 2. The molecule has 0 unspecified atom stereocenters. The van der Waals surface area contributed by atoms with Crippen LogP contribution in [0.4, 0.5) is 0 Å². The minimum absolute atomic E-state index is 0.895. The molecule has 0 atom stereocenters. The van der Waals surface area contributed by atoms with E-state index in [1.165, 1.54) is 25.7 Å². The lowest BCUT2D eigenvalue weighted by atomic mass is 10.1. The normalized spacial score (nSPS) is 11.4. The lowest BCUT2D eigenvalue weighted by Crippen LogP contribution is -1.86. The van der Waals surface area contributed by atoms with Gasteiger partial charge in [-0.15, -0.1) is 0 Å². The van der Waals surface area contributed by atoms with Crippen molar-refractivity contribution in [3.8, 4) is 0 Å². The molecule has 30 heavy (non-hydrogen) atoms. The second-order valence-corrected chi connectivity index (χ2v) is 7.41. The van der Waals surface area contributed by atoms with Gasteiger partial charge in [0.05, 0.1) is 0 Å². The number of carbonyl (C=O) groups excluding carboxylic acids is 2. The van der Waals surface area contributed by atoms with Crippen LogP contribution in [0.3, 0.4) is 0 Å². The Morgan fingerprint density at radius 1 is 0.600 bits per heavy atom. The molecule has 0 fully saturated rings. The third-order valence-electron chi connectivity index (χ3n) is 4.74. The fraction of sp³-hybridized carbons (Fsp3) is 0.357. The van der Waals surface area contributed by atoms with Gasteiger partial charge in [0.15, 0.2) is 0 Å². The molecule has 2 aromatic carbocycles. The molecule has 0 amide bonds. The van der Waals surface area contributed by atoms with Crippen molar-refractivity contribution >= 4 is 24.7 Å². The lowest BCUT2D eigenvalue weighted by molar-refractivity contribution is -0.105. The smallest absolute Gasteiger partial charge is 0.146 e. The lowest BCUT2D eigenvalue weighted by Gasteiger charge is -1.99. The number of carbonyl (C=O) groups is 2. The van der Waals surface area contributed by atoms with E-state index in [-0.39, 0.29) is 0 Å². The highest BCUT2D eigenvalue weighted by Crippen LogP contribution is 2.12. The number of hydrogen-bond acceptors (Lipinski definition) is 2. The van der Waals surface area contributed by atoms with Crippen LogP contribution in [0.2, 0.25) is 0 Å². The molecule has 2 heteroatoms. The summed E-state index contributed by atoms with van der Waals surface area (Å²) >= 11 is 0. The maximum atomic E-state index is 10.8. The van der Waals surface area contributed by atoms with E-state index >= 15 is 0 Å². The van der Waals surface area contributed by atoms with Crippen LogP contribution in [0.1, 0.15) is 76.3 Å². The van der Waals surface area contributed by atoms with Crippen LogP contribution in [0.15, 0.2) is 71.8 Å². The Bertz CT molecular complexity index is 690. The maximum Gasteiger partial charge on any atom is 0.146 e. The summed E-state index contributed by atoms with van der Waals surface area (Å²) in [6.07, 6.45) is 14.7. The Kier molecular flexibility index (Phi) is 14.5. The predicted molar refractivity (Wildman–Crippen MR) is 129 cm³/mol. The van der Waals surface area contributed by atoms with E-state index < -0.39 is 0 Å². The molecule has 2 nitrogen and oxygen atoms in total. The van der Waals surface area contributed by atoms with Gasteiger partial charge in [-0.2, -0.15) is 0 Å². The maximum absolute atomic E-state index is 10.8. The van der Waals surface area contributed by atoms with Crippen molar-refractivity contribution in [3.05, 3.63) is 82.9 Å². The van der Waals surface area contributed by atoms with Gasteiger partial charge in [-0.3, -0.25) is 9.59 Å². The number of rotatable bonds is 12. The number of aldehydes is 2. The van der Waals surface area contributed by atoms with E-state index in [9.17, 15) is 9.59 Å². The summed E-state index contributed by atoms with van der Waals surface area (Å²) in [5, 5.41) is 0. The van der Waals surface area contributed by atoms with E-state index in [0.717, 1.165) is 60.5 Å². The highest BCUT2D eigenvalue weighted by molar-refractivity contribution is 5.82. The molecule has 0 aliphatic carbocycles. The topological polar surface area (TPSA) is 34.1 Å². The van der Waals surface area contributed by atoms with Crippen molar-refractivity contribution < 1.29 is 9.59 Å². The van der Waals surface area contributed by atoms with Crippen molar-refractivity contribution in [3.63, 3.8) is 0 Å². The van der Waals surface area contributed by atoms with Crippen LogP contribution in [-0.4, -0.2) is 12.6 Å². The number of unbranched alkanes of at least 4 members (excludes halogenated alkanes) is 4. The van der Waals surface area contributed by atoms with Crippen molar-refractivity contribution in [2.75, 3.05) is 0 Å². The van der Waals surface area contributed by atoms with Crippen LogP contribution in [0, 0.1) is 0 Å². The van der Waals surface area contributed by atoms with Gasteiger partial charge in [-0.05, 0) is 60.1 Å². The first-order valence-corrected chi connectivity index (χ1v) is 11.1. The van der Waals surface area contributed by atoms with E-state index in [2.05, 4.69) is 13.8 Å². The minimum atomic E-state index is 0.895. The first kappa shape index (κ1) is 25.3. The highest BCUT2D eigenvalue weighted by atomic mass is 16.1. The third-order valence-corrected chi connectivity index (χ3v) is 4.74. The Morgan fingerprint density at radius 2 is 0.967 bits per heavy atom.